The number of halogens is 1. The van der Waals surface area contributed by atoms with Gasteiger partial charge in [-0.15, -0.1) is 0 Å². The van der Waals surface area contributed by atoms with E-state index in [2.05, 4.69) is 18.9 Å². The van der Waals surface area contributed by atoms with Gasteiger partial charge in [-0.25, -0.2) is 0 Å². The lowest BCUT2D eigenvalue weighted by Crippen LogP contribution is -2.06. The zero-order chi connectivity index (χ0) is 10.8. The van der Waals surface area contributed by atoms with E-state index >= 15 is 0 Å². The molecule has 0 saturated heterocycles. The van der Waals surface area contributed by atoms with Crippen LogP contribution in [-0.2, 0) is 0 Å². The first-order valence-corrected chi connectivity index (χ1v) is 5.73. The molecule has 2 rings (SSSR count). The number of fused-ring (bicyclic) bond motifs is 1. The van der Waals surface area contributed by atoms with E-state index in [0.717, 1.165) is 28.8 Å². The zero-order valence-electron chi connectivity index (χ0n) is 9.07. The van der Waals surface area contributed by atoms with Crippen molar-refractivity contribution >= 4 is 22.5 Å². The third-order valence-corrected chi connectivity index (χ3v) is 3.00. The molecule has 0 aliphatic rings. The molecule has 2 aromatic rings. The van der Waals surface area contributed by atoms with E-state index in [0.29, 0.717) is 6.04 Å². The number of hydrogen-bond acceptors (Lipinski definition) is 1. The van der Waals surface area contributed by atoms with Gasteiger partial charge < -0.3 is 0 Å². The second-order valence-electron chi connectivity index (χ2n) is 3.90. The van der Waals surface area contributed by atoms with Crippen LogP contribution >= 0.6 is 11.6 Å². The molecule has 1 unspecified atom stereocenters. The van der Waals surface area contributed by atoms with Crippen LogP contribution in [-0.4, -0.2) is 9.78 Å². The van der Waals surface area contributed by atoms with Gasteiger partial charge >= 0.3 is 0 Å². The number of benzene rings is 1. The first-order chi connectivity index (χ1) is 7.24. The summed E-state index contributed by atoms with van der Waals surface area (Å²) >= 11 is 6.19. The molecule has 0 aliphatic carbocycles. The molecular weight excluding hydrogens is 208 g/mol. The van der Waals surface area contributed by atoms with Crippen LogP contribution in [0.15, 0.2) is 24.4 Å². The third-order valence-electron chi connectivity index (χ3n) is 2.69. The van der Waals surface area contributed by atoms with Crippen molar-refractivity contribution in [2.24, 2.45) is 0 Å². The molecule has 0 N–H and O–H groups in total. The van der Waals surface area contributed by atoms with Crippen molar-refractivity contribution in [3.05, 3.63) is 29.4 Å². The summed E-state index contributed by atoms with van der Waals surface area (Å²) in [5.74, 6) is 0. The highest BCUT2D eigenvalue weighted by Crippen LogP contribution is 2.26. The quantitative estimate of drug-likeness (QED) is 0.766. The smallest absolute Gasteiger partial charge is 0.0871 e. The Morgan fingerprint density at radius 1 is 1.47 bits per heavy atom. The van der Waals surface area contributed by atoms with Crippen molar-refractivity contribution < 1.29 is 0 Å². The maximum absolute atomic E-state index is 6.19. The fourth-order valence-electron chi connectivity index (χ4n) is 1.93. The van der Waals surface area contributed by atoms with Gasteiger partial charge in [0.15, 0.2) is 0 Å². The van der Waals surface area contributed by atoms with Gasteiger partial charge in [-0.05, 0) is 19.4 Å². The molecule has 2 nitrogen and oxygen atoms in total. The van der Waals surface area contributed by atoms with Crippen molar-refractivity contribution in [3.63, 3.8) is 0 Å². The average molecular weight is 223 g/mol. The van der Waals surface area contributed by atoms with Crippen molar-refractivity contribution in [1.82, 2.24) is 9.78 Å². The summed E-state index contributed by atoms with van der Waals surface area (Å²) in [6.45, 7) is 4.36. The monoisotopic (exact) mass is 222 g/mol. The van der Waals surface area contributed by atoms with Crippen LogP contribution in [0.2, 0.25) is 5.02 Å². The first kappa shape index (κ1) is 10.5. The van der Waals surface area contributed by atoms with Gasteiger partial charge in [0.05, 0.1) is 16.7 Å². The van der Waals surface area contributed by atoms with Gasteiger partial charge in [-0.2, -0.15) is 5.10 Å². The van der Waals surface area contributed by atoms with Crippen LogP contribution in [0.25, 0.3) is 10.9 Å². The topological polar surface area (TPSA) is 17.8 Å². The molecule has 0 bridgehead atoms. The predicted molar refractivity (Wildman–Crippen MR) is 64.4 cm³/mol. The Labute approximate surface area is 94.8 Å². The van der Waals surface area contributed by atoms with Crippen LogP contribution in [0.3, 0.4) is 0 Å². The number of hydrogen-bond donors (Lipinski definition) is 0. The number of rotatable bonds is 3. The Hall–Kier alpha value is -1.02. The van der Waals surface area contributed by atoms with Crippen molar-refractivity contribution in [1.29, 1.82) is 0 Å². The summed E-state index contributed by atoms with van der Waals surface area (Å²) in [6, 6.07) is 6.33. The summed E-state index contributed by atoms with van der Waals surface area (Å²) in [5.41, 5.74) is 1.06. The molecule has 0 fully saturated rings. The Bertz CT molecular complexity index is 462. The lowest BCUT2D eigenvalue weighted by molar-refractivity contribution is 0.468. The second kappa shape index (κ2) is 4.23. The van der Waals surface area contributed by atoms with E-state index < -0.39 is 0 Å². The van der Waals surface area contributed by atoms with E-state index in [-0.39, 0.29) is 0 Å². The summed E-state index contributed by atoms with van der Waals surface area (Å²) in [5, 5.41) is 6.31. The molecule has 3 heteroatoms. The van der Waals surface area contributed by atoms with Crippen LogP contribution < -0.4 is 0 Å². The van der Waals surface area contributed by atoms with Crippen LogP contribution in [0.1, 0.15) is 32.7 Å². The van der Waals surface area contributed by atoms with Crippen LogP contribution in [0, 0.1) is 0 Å². The van der Waals surface area contributed by atoms with Gasteiger partial charge in [-0.1, -0.05) is 37.1 Å². The summed E-state index contributed by atoms with van der Waals surface area (Å²) in [4.78, 5) is 0. The van der Waals surface area contributed by atoms with Crippen molar-refractivity contribution in [3.8, 4) is 0 Å². The Balaban J connectivity index is 2.52. The van der Waals surface area contributed by atoms with Crippen molar-refractivity contribution in [2.45, 2.75) is 32.7 Å². The van der Waals surface area contributed by atoms with Gasteiger partial charge in [0.25, 0.3) is 0 Å². The maximum Gasteiger partial charge on any atom is 0.0871 e. The SMILES string of the molecule is CCCC(C)n1ncc2cccc(Cl)c21. The Morgan fingerprint density at radius 2 is 2.27 bits per heavy atom. The molecule has 1 aromatic carbocycles. The van der Waals surface area contributed by atoms with Gasteiger partial charge in [0, 0.05) is 11.4 Å². The summed E-state index contributed by atoms with van der Waals surface area (Å²) in [6.07, 6.45) is 4.17. The highest BCUT2D eigenvalue weighted by atomic mass is 35.5. The normalized spacial score (nSPS) is 13.3. The molecule has 1 atom stereocenters. The first-order valence-electron chi connectivity index (χ1n) is 5.35. The zero-order valence-corrected chi connectivity index (χ0v) is 9.83. The number of nitrogens with zero attached hydrogens (tertiary/aromatic N) is 2. The maximum atomic E-state index is 6.19. The highest BCUT2D eigenvalue weighted by molar-refractivity contribution is 6.35. The lowest BCUT2D eigenvalue weighted by Gasteiger charge is -2.12. The molecule has 0 radical (unpaired) electrons. The number of aromatic nitrogens is 2. The molecule has 0 amide bonds. The molecule has 80 valence electrons. The Morgan fingerprint density at radius 3 is 3.00 bits per heavy atom. The van der Waals surface area contributed by atoms with Gasteiger partial charge in [0.2, 0.25) is 0 Å². The number of para-hydroxylation sites is 1. The second-order valence-corrected chi connectivity index (χ2v) is 4.31. The fourth-order valence-corrected chi connectivity index (χ4v) is 2.20. The van der Waals surface area contributed by atoms with E-state index in [4.69, 9.17) is 11.6 Å². The molecule has 1 aromatic heterocycles. The molecule has 0 aliphatic heterocycles. The molecular formula is C12H15ClN2. The average Bonchev–Trinajstić information content (AvgIpc) is 2.63. The van der Waals surface area contributed by atoms with Gasteiger partial charge in [0.1, 0.15) is 0 Å². The third kappa shape index (κ3) is 1.86. The minimum absolute atomic E-state index is 0.410. The molecule has 15 heavy (non-hydrogen) atoms. The molecule has 0 spiro atoms. The standard InChI is InChI=1S/C12H15ClN2/c1-3-5-9(2)15-12-10(8-14-15)6-4-7-11(12)13/h4,6-9H,3,5H2,1-2H3. The molecule has 1 heterocycles. The highest BCUT2D eigenvalue weighted by Gasteiger charge is 2.11. The van der Waals surface area contributed by atoms with Crippen LogP contribution in [0.5, 0.6) is 0 Å². The van der Waals surface area contributed by atoms with Crippen LogP contribution in [0.4, 0.5) is 0 Å². The minimum Gasteiger partial charge on any atom is -0.261 e. The Kier molecular flexibility index (Phi) is 2.96. The van der Waals surface area contributed by atoms with E-state index in [1.54, 1.807) is 0 Å². The van der Waals surface area contributed by atoms with E-state index in [1.807, 2.05) is 29.1 Å². The van der Waals surface area contributed by atoms with E-state index in [9.17, 15) is 0 Å². The fraction of sp³-hybridized carbons (Fsp3) is 0.417. The summed E-state index contributed by atoms with van der Waals surface area (Å²) < 4.78 is 2.03. The van der Waals surface area contributed by atoms with E-state index in [1.165, 1.54) is 0 Å². The molecule has 0 saturated carbocycles. The minimum atomic E-state index is 0.410. The predicted octanol–water partition coefficient (Wildman–Crippen LogP) is 4.05. The van der Waals surface area contributed by atoms with Gasteiger partial charge in [-0.3, -0.25) is 4.68 Å². The lowest BCUT2D eigenvalue weighted by atomic mass is 10.2. The van der Waals surface area contributed by atoms with Crippen molar-refractivity contribution in [2.75, 3.05) is 0 Å². The largest absolute Gasteiger partial charge is 0.261 e. The summed E-state index contributed by atoms with van der Waals surface area (Å²) in [7, 11) is 0.